The third-order valence-electron chi connectivity index (χ3n) is 2.55. The summed E-state index contributed by atoms with van der Waals surface area (Å²) in [6.07, 6.45) is -0.628. The minimum Gasteiger partial charge on any atom is -0.399 e. The maximum absolute atomic E-state index is 11.3. The second kappa shape index (κ2) is 5.90. The van der Waals surface area contributed by atoms with Crippen molar-refractivity contribution in [3.05, 3.63) is 51.9 Å². The van der Waals surface area contributed by atoms with Gasteiger partial charge in [-0.1, -0.05) is 23.9 Å². The van der Waals surface area contributed by atoms with Crippen molar-refractivity contribution in [2.45, 2.75) is 18.2 Å². The highest BCUT2D eigenvalue weighted by Crippen LogP contribution is 2.22. The molecule has 1 aromatic heterocycles. The van der Waals surface area contributed by atoms with Crippen LogP contribution in [-0.2, 0) is 0 Å². The Balaban J connectivity index is 2.01. The Morgan fingerprint density at radius 1 is 1.42 bits per heavy atom. The third-order valence-corrected chi connectivity index (χ3v) is 3.50. The molecule has 1 unspecified atom stereocenters. The second-order valence-corrected chi connectivity index (χ2v) is 5.19. The lowest BCUT2D eigenvalue weighted by Gasteiger charge is -2.10. The van der Waals surface area contributed by atoms with E-state index in [9.17, 15) is 9.90 Å². The molecule has 1 heterocycles. The van der Waals surface area contributed by atoms with Crippen LogP contribution >= 0.6 is 11.8 Å². The first-order valence-corrected chi connectivity index (χ1v) is 6.77. The van der Waals surface area contributed by atoms with Gasteiger partial charge in [0.05, 0.1) is 6.10 Å². The third kappa shape index (κ3) is 3.84. The van der Waals surface area contributed by atoms with Crippen molar-refractivity contribution in [1.29, 1.82) is 0 Å². The summed E-state index contributed by atoms with van der Waals surface area (Å²) in [7, 11) is 0. The van der Waals surface area contributed by atoms with E-state index < -0.39 is 6.10 Å². The second-order valence-electron chi connectivity index (χ2n) is 4.19. The summed E-state index contributed by atoms with van der Waals surface area (Å²) in [4.78, 5) is 18.1. The zero-order valence-corrected chi connectivity index (χ0v) is 11.3. The number of H-pyrrole nitrogens is 1. The van der Waals surface area contributed by atoms with Crippen molar-refractivity contribution in [1.82, 2.24) is 9.97 Å². The van der Waals surface area contributed by atoms with E-state index in [4.69, 9.17) is 5.73 Å². The standard InChI is InChI=1S/C13H15N3O2S/c1-8-6-12(18)16-13(15-8)19-7-11(17)9-2-4-10(14)5-3-9/h2-6,11,17H,7,14H2,1H3,(H,15,16,18). The molecule has 100 valence electrons. The molecule has 0 aliphatic carbocycles. The molecule has 1 aromatic carbocycles. The number of anilines is 1. The quantitative estimate of drug-likeness (QED) is 0.447. The molecule has 1 atom stereocenters. The molecule has 0 saturated heterocycles. The number of aromatic amines is 1. The van der Waals surface area contributed by atoms with Gasteiger partial charge in [0.25, 0.3) is 5.56 Å². The van der Waals surface area contributed by atoms with Crippen molar-refractivity contribution in [2.24, 2.45) is 0 Å². The Morgan fingerprint density at radius 3 is 2.74 bits per heavy atom. The number of aliphatic hydroxyl groups is 1. The Morgan fingerprint density at radius 2 is 2.11 bits per heavy atom. The minimum absolute atomic E-state index is 0.183. The monoisotopic (exact) mass is 277 g/mol. The van der Waals surface area contributed by atoms with Crippen molar-refractivity contribution in [3.63, 3.8) is 0 Å². The van der Waals surface area contributed by atoms with Crippen LogP contribution in [0.4, 0.5) is 5.69 Å². The molecule has 0 fully saturated rings. The average Bonchev–Trinajstić information content (AvgIpc) is 2.36. The highest BCUT2D eigenvalue weighted by Gasteiger charge is 2.09. The highest BCUT2D eigenvalue weighted by atomic mass is 32.2. The number of nitrogens with two attached hydrogens (primary N) is 1. The van der Waals surface area contributed by atoms with Gasteiger partial charge in [-0.05, 0) is 24.6 Å². The van der Waals surface area contributed by atoms with Crippen LogP contribution in [0.1, 0.15) is 17.4 Å². The van der Waals surface area contributed by atoms with Gasteiger partial charge in [-0.3, -0.25) is 4.79 Å². The van der Waals surface area contributed by atoms with Crippen LogP contribution in [-0.4, -0.2) is 20.8 Å². The van der Waals surface area contributed by atoms with Gasteiger partial charge in [-0.25, -0.2) is 4.98 Å². The molecule has 2 rings (SSSR count). The first-order chi connectivity index (χ1) is 9.04. The van der Waals surface area contributed by atoms with Crippen LogP contribution in [0.5, 0.6) is 0 Å². The molecule has 0 aliphatic rings. The zero-order chi connectivity index (χ0) is 13.8. The molecule has 0 bridgehead atoms. The Kier molecular flexibility index (Phi) is 4.24. The fourth-order valence-electron chi connectivity index (χ4n) is 1.59. The van der Waals surface area contributed by atoms with Gasteiger partial charge < -0.3 is 15.8 Å². The number of nitrogens with zero attached hydrogens (tertiary/aromatic N) is 1. The predicted molar refractivity (Wildman–Crippen MR) is 76.1 cm³/mol. The molecule has 0 radical (unpaired) electrons. The summed E-state index contributed by atoms with van der Waals surface area (Å²) < 4.78 is 0. The largest absolute Gasteiger partial charge is 0.399 e. The maximum Gasteiger partial charge on any atom is 0.251 e. The first-order valence-electron chi connectivity index (χ1n) is 5.79. The molecule has 4 N–H and O–H groups in total. The number of aromatic nitrogens is 2. The van der Waals surface area contributed by atoms with E-state index in [1.807, 2.05) is 0 Å². The lowest BCUT2D eigenvalue weighted by molar-refractivity contribution is 0.204. The van der Waals surface area contributed by atoms with Crippen LogP contribution in [0.15, 0.2) is 40.3 Å². The smallest absolute Gasteiger partial charge is 0.251 e. The van der Waals surface area contributed by atoms with Gasteiger partial charge in [0.1, 0.15) is 0 Å². The molecular weight excluding hydrogens is 262 g/mol. The normalized spacial score (nSPS) is 12.3. The highest BCUT2D eigenvalue weighted by molar-refractivity contribution is 7.99. The van der Waals surface area contributed by atoms with E-state index >= 15 is 0 Å². The summed E-state index contributed by atoms with van der Waals surface area (Å²) in [5, 5.41) is 10.5. The Hall–Kier alpha value is -1.79. The van der Waals surface area contributed by atoms with Gasteiger partial charge >= 0.3 is 0 Å². The molecule has 0 spiro atoms. The number of nitrogens with one attached hydrogen (secondary N) is 1. The summed E-state index contributed by atoms with van der Waals surface area (Å²) in [5.41, 5.74) is 7.51. The molecule has 6 heteroatoms. The van der Waals surface area contributed by atoms with Gasteiger partial charge in [0, 0.05) is 23.2 Å². The van der Waals surface area contributed by atoms with Crippen molar-refractivity contribution >= 4 is 17.4 Å². The number of benzene rings is 1. The van der Waals surface area contributed by atoms with E-state index in [1.165, 1.54) is 17.8 Å². The summed E-state index contributed by atoms with van der Waals surface area (Å²) in [5.74, 6) is 0.413. The van der Waals surface area contributed by atoms with Gasteiger partial charge in [0.2, 0.25) is 0 Å². The molecule has 0 amide bonds. The zero-order valence-electron chi connectivity index (χ0n) is 10.5. The van der Waals surface area contributed by atoms with Gasteiger partial charge in [-0.2, -0.15) is 0 Å². The molecule has 19 heavy (non-hydrogen) atoms. The van der Waals surface area contributed by atoms with Crippen LogP contribution < -0.4 is 11.3 Å². The van der Waals surface area contributed by atoms with Crippen molar-refractivity contribution in [2.75, 3.05) is 11.5 Å². The van der Waals surface area contributed by atoms with E-state index in [-0.39, 0.29) is 5.56 Å². The maximum atomic E-state index is 11.3. The SMILES string of the molecule is Cc1cc(=O)[nH]c(SCC(O)c2ccc(N)cc2)n1. The molecule has 5 nitrogen and oxygen atoms in total. The molecule has 0 saturated carbocycles. The van der Waals surface area contributed by atoms with Crippen LogP contribution in [0.2, 0.25) is 0 Å². The van der Waals surface area contributed by atoms with Gasteiger partial charge in [-0.15, -0.1) is 0 Å². The van der Waals surface area contributed by atoms with E-state index in [1.54, 1.807) is 31.2 Å². The number of rotatable bonds is 4. The summed E-state index contributed by atoms with van der Waals surface area (Å²) in [6.45, 7) is 1.76. The van der Waals surface area contributed by atoms with Crippen LogP contribution in [0, 0.1) is 6.92 Å². The summed E-state index contributed by atoms with van der Waals surface area (Å²) >= 11 is 1.31. The lowest BCUT2D eigenvalue weighted by atomic mass is 10.1. The number of aryl methyl sites for hydroxylation is 1. The molecule has 2 aromatic rings. The van der Waals surface area contributed by atoms with E-state index in [2.05, 4.69) is 9.97 Å². The lowest BCUT2D eigenvalue weighted by Crippen LogP contribution is -2.09. The van der Waals surface area contributed by atoms with E-state index in [0.717, 1.165) is 5.56 Å². The fourth-order valence-corrected chi connectivity index (χ4v) is 2.48. The van der Waals surface area contributed by atoms with Crippen molar-refractivity contribution in [3.8, 4) is 0 Å². The molecule has 0 aliphatic heterocycles. The number of aliphatic hydroxyl groups excluding tert-OH is 1. The number of nitrogen functional groups attached to an aromatic ring is 1. The van der Waals surface area contributed by atoms with Crippen LogP contribution in [0.3, 0.4) is 0 Å². The predicted octanol–water partition coefficient (Wildman–Crippen LogP) is 1.49. The minimum atomic E-state index is -0.628. The number of thioether (sulfide) groups is 1. The van der Waals surface area contributed by atoms with Crippen LogP contribution in [0.25, 0.3) is 0 Å². The first kappa shape index (κ1) is 13.6. The molecular formula is C13H15N3O2S. The van der Waals surface area contributed by atoms with Gasteiger partial charge in [0.15, 0.2) is 5.16 Å². The Labute approximate surface area is 114 Å². The fraction of sp³-hybridized carbons (Fsp3) is 0.231. The number of hydrogen-bond donors (Lipinski definition) is 3. The number of hydrogen-bond acceptors (Lipinski definition) is 5. The Bertz CT molecular complexity index is 610. The van der Waals surface area contributed by atoms with Crippen molar-refractivity contribution < 1.29 is 5.11 Å². The topological polar surface area (TPSA) is 92.0 Å². The summed E-state index contributed by atoms with van der Waals surface area (Å²) in [6, 6.07) is 8.49. The van der Waals surface area contributed by atoms with E-state index in [0.29, 0.717) is 22.3 Å². The average molecular weight is 277 g/mol.